The molecule has 134 valence electrons. The van der Waals surface area contributed by atoms with Crippen LogP contribution in [0.1, 0.15) is 29.2 Å². The molecule has 0 fully saturated rings. The lowest BCUT2D eigenvalue weighted by molar-refractivity contribution is 0.0887. The molecule has 24 heavy (non-hydrogen) atoms. The molecule has 0 aliphatic carbocycles. The summed E-state index contributed by atoms with van der Waals surface area (Å²) in [7, 11) is -7.04. The molecule has 1 amide bonds. The summed E-state index contributed by atoms with van der Waals surface area (Å²) in [6, 6.07) is 1.03. The molecule has 0 atom stereocenters. The first-order valence-electron chi connectivity index (χ1n) is 7.06. The first-order chi connectivity index (χ1) is 11.0. The van der Waals surface area contributed by atoms with Gasteiger partial charge in [0.2, 0.25) is 10.0 Å². The zero-order valence-electron chi connectivity index (χ0n) is 13.2. The summed E-state index contributed by atoms with van der Waals surface area (Å²) >= 11 is 0. The van der Waals surface area contributed by atoms with Crippen LogP contribution >= 0.6 is 0 Å². The van der Waals surface area contributed by atoms with Crippen LogP contribution < -0.4 is 11.0 Å². The average molecular weight is 378 g/mol. The maximum absolute atomic E-state index is 12.1. The highest BCUT2D eigenvalue weighted by Gasteiger charge is 2.26. The van der Waals surface area contributed by atoms with Crippen LogP contribution in [0.4, 0.5) is 0 Å². The summed E-state index contributed by atoms with van der Waals surface area (Å²) in [5.74, 6) is -0.429. The van der Waals surface area contributed by atoms with Crippen LogP contribution in [0.5, 0.6) is 0 Å². The van der Waals surface area contributed by atoms with Crippen molar-refractivity contribution in [3.8, 4) is 0 Å². The number of carbonyl (C=O) groups excluding carboxylic acids is 1. The molecule has 0 saturated carbocycles. The standard InChI is InChI=1S/C12H18N4O6S2/c1-15(24(21,22)8-23(2,19)20)14-12(18)9-7-11(17)16-6-4-3-5-10(16)13-9/h7H,3-6,8H2,1-2H3,(H,14,18). The van der Waals surface area contributed by atoms with Crippen LogP contribution in [0, 0.1) is 0 Å². The highest BCUT2D eigenvalue weighted by atomic mass is 32.3. The summed E-state index contributed by atoms with van der Waals surface area (Å²) in [5, 5.41) is -1.14. The fourth-order valence-electron chi connectivity index (χ4n) is 2.27. The zero-order valence-corrected chi connectivity index (χ0v) is 14.9. The Hall–Kier alpha value is -1.79. The fraction of sp³-hybridized carbons (Fsp3) is 0.583. The Morgan fingerprint density at radius 2 is 2.00 bits per heavy atom. The number of amides is 1. The number of aryl methyl sites for hydroxylation is 1. The molecular formula is C12H18N4O6S2. The maximum Gasteiger partial charge on any atom is 0.285 e. The first-order valence-corrected chi connectivity index (χ1v) is 10.7. The predicted molar refractivity (Wildman–Crippen MR) is 85.3 cm³/mol. The van der Waals surface area contributed by atoms with E-state index >= 15 is 0 Å². The second-order valence-corrected chi connectivity index (χ2v) is 10.1. The number of carbonyl (C=O) groups is 1. The molecule has 1 aromatic rings. The molecule has 2 heterocycles. The maximum atomic E-state index is 12.1. The third-order valence-electron chi connectivity index (χ3n) is 3.39. The molecule has 0 radical (unpaired) electrons. The third kappa shape index (κ3) is 4.39. The van der Waals surface area contributed by atoms with Crippen molar-refractivity contribution in [1.29, 1.82) is 0 Å². The number of nitrogens with zero attached hydrogens (tertiary/aromatic N) is 3. The Kier molecular flexibility index (Phi) is 5.11. The number of sulfonamides is 1. The van der Waals surface area contributed by atoms with E-state index in [0.717, 1.165) is 32.2 Å². The van der Waals surface area contributed by atoms with Crippen molar-refractivity contribution in [2.45, 2.75) is 25.8 Å². The molecule has 0 bridgehead atoms. The van der Waals surface area contributed by atoms with Crippen molar-refractivity contribution in [1.82, 2.24) is 19.4 Å². The number of fused-ring (bicyclic) bond motifs is 1. The van der Waals surface area contributed by atoms with Crippen molar-refractivity contribution in [3.05, 3.63) is 27.9 Å². The number of hydrazine groups is 1. The Labute approximate surface area is 139 Å². The van der Waals surface area contributed by atoms with Gasteiger partial charge in [0, 0.05) is 32.3 Å². The highest BCUT2D eigenvalue weighted by Crippen LogP contribution is 2.10. The Bertz CT molecular complexity index is 919. The van der Waals surface area contributed by atoms with Crippen LogP contribution in [-0.2, 0) is 32.8 Å². The van der Waals surface area contributed by atoms with E-state index in [1.54, 1.807) is 0 Å². The Balaban J connectivity index is 2.21. The number of aromatic nitrogens is 2. The summed E-state index contributed by atoms with van der Waals surface area (Å²) in [5.41, 5.74) is 1.43. The van der Waals surface area contributed by atoms with Gasteiger partial charge in [-0.3, -0.25) is 19.6 Å². The van der Waals surface area contributed by atoms with Gasteiger partial charge in [0.05, 0.1) is 0 Å². The van der Waals surface area contributed by atoms with Crippen LogP contribution in [-0.4, -0.2) is 55.1 Å². The number of sulfone groups is 1. The normalized spacial score (nSPS) is 15.1. The minimum Gasteiger partial charge on any atom is -0.297 e. The molecule has 1 aliphatic rings. The smallest absolute Gasteiger partial charge is 0.285 e. The largest absolute Gasteiger partial charge is 0.297 e. The van der Waals surface area contributed by atoms with Crippen LogP contribution in [0.2, 0.25) is 0 Å². The van der Waals surface area contributed by atoms with Crippen LogP contribution in [0.3, 0.4) is 0 Å². The molecule has 10 nitrogen and oxygen atoms in total. The van der Waals surface area contributed by atoms with Crippen LogP contribution in [0.25, 0.3) is 0 Å². The van der Waals surface area contributed by atoms with E-state index in [1.165, 1.54) is 4.57 Å². The fourth-order valence-corrected chi connectivity index (χ4v) is 5.29. The van der Waals surface area contributed by atoms with Gasteiger partial charge >= 0.3 is 0 Å². The van der Waals surface area contributed by atoms with Crippen LogP contribution in [0.15, 0.2) is 10.9 Å². The van der Waals surface area contributed by atoms with E-state index in [0.29, 0.717) is 23.2 Å². The summed E-state index contributed by atoms with van der Waals surface area (Å²) < 4.78 is 47.9. The second-order valence-electron chi connectivity index (χ2n) is 5.57. The molecule has 1 N–H and O–H groups in total. The molecule has 0 saturated heterocycles. The molecule has 0 aromatic carbocycles. The lowest BCUT2D eigenvalue weighted by atomic mass is 10.1. The van der Waals surface area contributed by atoms with Gasteiger partial charge in [-0.2, -0.15) is 0 Å². The first kappa shape index (κ1) is 18.5. The van der Waals surface area contributed by atoms with Crippen molar-refractivity contribution in [3.63, 3.8) is 0 Å². The Morgan fingerprint density at radius 3 is 2.62 bits per heavy atom. The number of nitrogens with one attached hydrogen (secondary N) is 1. The number of rotatable bonds is 5. The monoisotopic (exact) mass is 378 g/mol. The van der Waals surface area contributed by atoms with Gasteiger partial charge in [0.25, 0.3) is 11.5 Å². The van der Waals surface area contributed by atoms with Gasteiger partial charge < -0.3 is 0 Å². The SMILES string of the molecule is CN(NC(=O)c1cc(=O)n2c(n1)CCCC2)S(=O)(=O)CS(C)(=O)=O. The molecule has 2 rings (SSSR count). The van der Waals surface area contributed by atoms with Gasteiger partial charge in [-0.15, -0.1) is 4.41 Å². The van der Waals surface area contributed by atoms with E-state index < -0.39 is 30.9 Å². The molecular weight excluding hydrogens is 360 g/mol. The average Bonchev–Trinajstić information content (AvgIpc) is 2.44. The Morgan fingerprint density at radius 1 is 1.33 bits per heavy atom. The zero-order chi connectivity index (χ0) is 18.1. The van der Waals surface area contributed by atoms with Gasteiger partial charge in [-0.1, -0.05) is 0 Å². The van der Waals surface area contributed by atoms with E-state index in [-0.39, 0.29) is 11.3 Å². The third-order valence-corrected chi connectivity index (χ3v) is 7.22. The van der Waals surface area contributed by atoms with Crippen molar-refractivity contribution in [2.24, 2.45) is 0 Å². The number of hydrogen-bond donors (Lipinski definition) is 1. The lowest BCUT2D eigenvalue weighted by Crippen LogP contribution is -2.46. The highest BCUT2D eigenvalue weighted by molar-refractivity contribution is 8.06. The molecule has 1 aromatic heterocycles. The van der Waals surface area contributed by atoms with Gasteiger partial charge in [-0.25, -0.2) is 21.8 Å². The predicted octanol–water partition coefficient (Wildman–Crippen LogP) is -1.51. The molecule has 0 unspecified atom stereocenters. The molecule has 0 spiro atoms. The van der Waals surface area contributed by atoms with Crippen molar-refractivity contribution >= 4 is 25.8 Å². The number of hydrogen-bond acceptors (Lipinski definition) is 7. The summed E-state index contributed by atoms with van der Waals surface area (Å²) in [6.45, 7) is 0.533. The summed E-state index contributed by atoms with van der Waals surface area (Å²) in [6.07, 6.45) is 3.03. The molecule has 1 aliphatic heterocycles. The van der Waals surface area contributed by atoms with Gasteiger partial charge in [0.1, 0.15) is 11.5 Å². The summed E-state index contributed by atoms with van der Waals surface area (Å²) in [4.78, 5) is 28.2. The van der Waals surface area contributed by atoms with Crippen molar-refractivity contribution in [2.75, 3.05) is 18.4 Å². The van der Waals surface area contributed by atoms with E-state index in [2.05, 4.69) is 4.98 Å². The topological polar surface area (TPSA) is 136 Å². The lowest BCUT2D eigenvalue weighted by Gasteiger charge is -2.19. The van der Waals surface area contributed by atoms with E-state index in [1.807, 2.05) is 5.43 Å². The second kappa shape index (κ2) is 6.61. The minimum absolute atomic E-state index is 0.213. The quantitative estimate of drug-likeness (QED) is 0.615. The molecule has 12 heteroatoms. The van der Waals surface area contributed by atoms with Gasteiger partial charge in [0.15, 0.2) is 14.9 Å². The van der Waals surface area contributed by atoms with E-state index in [4.69, 9.17) is 0 Å². The minimum atomic E-state index is -4.25. The van der Waals surface area contributed by atoms with Gasteiger partial charge in [-0.05, 0) is 12.8 Å². The van der Waals surface area contributed by atoms with E-state index in [9.17, 15) is 26.4 Å². The van der Waals surface area contributed by atoms with Crippen molar-refractivity contribution < 1.29 is 21.6 Å².